The van der Waals surface area contributed by atoms with Gasteiger partial charge in [-0.3, -0.25) is 0 Å². The summed E-state index contributed by atoms with van der Waals surface area (Å²) in [4.78, 5) is 4.87. The van der Waals surface area contributed by atoms with Crippen LogP contribution in [0.25, 0.3) is 27.9 Å². The molecule has 0 spiro atoms. The van der Waals surface area contributed by atoms with Crippen molar-refractivity contribution in [3.8, 4) is 11.4 Å². The Morgan fingerprint density at radius 2 is 1.93 bits per heavy atom. The first kappa shape index (κ1) is 20.6. The second-order valence-corrected chi connectivity index (χ2v) is 15.1. The van der Waals surface area contributed by atoms with E-state index >= 15 is 0 Å². The minimum absolute atomic E-state index is 0.180. The Morgan fingerprint density at radius 1 is 1.17 bits per heavy atom. The summed E-state index contributed by atoms with van der Waals surface area (Å²) >= 11 is 2.38. The fourth-order valence-electron chi connectivity index (χ4n) is 3.15. The Bertz CT molecular complexity index is 1200. The molecule has 0 atom stereocenters. The maximum Gasteiger partial charge on any atom is 0.192 e. The molecule has 3 aromatic heterocycles. The second-order valence-electron chi connectivity index (χ2n) is 9.11. The molecule has 5 nitrogen and oxygen atoms in total. The molecule has 0 aliphatic carbocycles. The maximum absolute atomic E-state index is 6.43. The molecule has 7 heteroatoms. The summed E-state index contributed by atoms with van der Waals surface area (Å²) in [5.41, 5.74) is 4.18. The molecule has 0 saturated heterocycles. The van der Waals surface area contributed by atoms with Crippen LogP contribution in [0.4, 0.5) is 0 Å². The van der Waals surface area contributed by atoms with Gasteiger partial charge in [0.15, 0.2) is 19.8 Å². The first-order valence-electron chi connectivity index (χ1n) is 9.80. The minimum Gasteiger partial charge on any atom is -0.412 e. The van der Waals surface area contributed by atoms with Gasteiger partial charge in [0, 0.05) is 45.0 Å². The van der Waals surface area contributed by atoms with Crippen molar-refractivity contribution < 1.29 is 4.43 Å². The van der Waals surface area contributed by atoms with Crippen molar-refractivity contribution >= 4 is 47.5 Å². The number of aryl methyl sites for hydroxylation is 1. The van der Waals surface area contributed by atoms with Crippen LogP contribution in [0.5, 0.6) is 0 Å². The van der Waals surface area contributed by atoms with Crippen molar-refractivity contribution in [2.24, 2.45) is 7.05 Å². The van der Waals surface area contributed by atoms with E-state index in [1.807, 2.05) is 16.8 Å². The highest BCUT2D eigenvalue weighted by molar-refractivity contribution is 14.1. The molecule has 4 rings (SSSR count). The number of hydrogen-bond acceptors (Lipinski definition) is 3. The molecule has 0 aliphatic rings. The maximum atomic E-state index is 6.43. The quantitative estimate of drug-likeness (QED) is 0.245. The number of nitrogens with zero attached hydrogens (tertiary/aromatic N) is 4. The van der Waals surface area contributed by atoms with E-state index in [2.05, 4.69) is 98.5 Å². The van der Waals surface area contributed by atoms with Gasteiger partial charge in [0.1, 0.15) is 0 Å². The van der Waals surface area contributed by atoms with Crippen LogP contribution in [0.2, 0.25) is 18.1 Å². The standard InChI is InChI=1S/C22H27IN4OSi/c1-22(2,3)29(5,6)28-14-16-8-7-11-27-21(16)24-20(25-27)15-9-10-19-17(12-15)18(23)13-26(19)4/h7-13H,14H2,1-6H3. The first-order chi connectivity index (χ1) is 13.6. The Labute approximate surface area is 186 Å². The SMILES string of the molecule is Cn1cc(I)c2cc(-c3nc4c(CO[Si](C)(C)C(C)(C)C)cccn4n3)ccc21. The van der Waals surface area contributed by atoms with Crippen LogP contribution in [0, 0.1) is 3.57 Å². The first-order valence-corrected chi connectivity index (χ1v) is 13.8. The van der Waals surface area contributed by atoms with Crippen molar-refractivity contribution in [3.63, 3.8) is 0 Å². The van der Waals surface area contributed by atoms with E-state index in [0.717, 1.165) is 22.6 Å². The summed E-state index contributed by atoms with van der Waals surface area (Å²) in [6.45, 7) is 11.9. The van der Waals surface area contributed by atoms with Crippen LogP contribution in [0.3, 0.4) is 0 Å². The summed E-state index contributed by atoms with van der Waals surface area (Å²) in [5.74, 6) is 0.742. The molecule has 0 saturated carbocycles. The lowest BCUT2D eigenvalue weighted by Gasteiger charge is -2.36. The van der Waals surface area contributed by atoms with Gasteiger partial charge in [-0.25, -0.2) is 9.50 Å². The molecule has 0 amide bonds. The van der Waals surface area contributed by atoms with Gasteiger partial charge in [-0.1, -0.05) is 26.8 Å². The molecule has 0 bridgehead atoms. The molecule has 1 aromatic carbocycles. The monoisotopic (exact) mass is 518 g/mol. The topological polar surface area (TPSA) is 44.4 Å². The number of aromatic nitrogens is 4. The molecule has 0 unspecified atom stereocenters. The zero-order chi connectivity index (χ0) is 21.0. The Hall–Kier alpha value is -1.71. The number of hydrogen-bond donors (Lipinski definition) is 0. The van der Waals surface area contributed by atoms with Crippen molar-refractivity contribution in [2.75, 3.05) is 0 Å². The van der Waals surface area contributed by atoms with Gasteiger partial charge in [-0.05, 0) is 65.0 Å². The number of halogens is 1. The highest BCUT2D eigenvalue weighted by atomic mass is 127. The van der Waals surface area contributed by atoms with Gasteiger partial charge in [0.25, 0.3) is 0 Å². The molecule has 152 valence electrons. The largest absolute Gasteiger partial charge is 0.412 e. The van der Waals surface area contributed by atoms with E-state index < -0.39 is 8.32 Å². The molecule has 0 fully saturated rings. The lowest BCUT2D eigenvalue weighted by Crippen LogP contribution is -2.40. The lowest BCUT2D eigenvalue weighted by molar-refractivity contribution is 0.277. The van der Waals surface area contributed by atoms with Crippen molar-refractivity contribution in [2.45, 2.75) is 45.5 Å². The van der Waals surface area contributed by atoms with E-state index in [1.165, 1.54) is 14.5 Å². The fourth-order valence-corrected chi connectivity index (χ4v) is 4.95. The van der Waals surface area contributed by atoms with Gasteiger partial charge in [0.2, 0.25) is 0 Å². The van der Waals surface area contributed by atoms with E-state index in [9.17, 15) is 0 Å². The molecule has 4 aromatic rings. The van der Waals surface area contributed by atoms with Gasteiger partial charge >= 0.3 is 0 Å². The van der Waals surface area contributed by atoms with Gasteiger partial charge < -0.3 is 8.99 Å². The smallest absolute Gasteiger partial charge is 0.192 e. The molecule has 3 heterocycles. The number of rotatable bonds is 4. The van der Waals surface area contributed by atoms with Gasteiger partial charge in [0.05, 0.1) is 6.61 Å². The zero-order valence-corrected chi connectivity index (χ0v) is 21.0. The Kier molecular flexibility index (Phi) is 5.11. The van der Waals surface area contributed by atoms with E-state index in [1.54, 1.807) is 0 Å². The van der Waals surface area contributed by atoms with Gasteiger partial charge in [-0.2, -0.15) is 0 Å². The van der Waals surface area contributed by atoms with E-state index in [0.29, 0.717) is 6.61 Å². The summed E-state index contributed by atoms with van der Waals surface area (Å²) in [6, 6.07) is 10.5. The van der Waals surface area contributed by atoms with Gasteiger partial charge in [-0.15, -0.1) is 5.10 Å². The summed E-state index contributed by atoms with van der Waals surface area (Å²) in [7, 11) is 0.244. The Balaban J connectivity index is 1.70. The molecule has 0 N–H and O–H groups in total. The lowest BCUT2D eigenvalue weighted by atomic mass is 10.1. The van der Waals surface area contributed by atoms with Crippen molar-refractivity contribution in [1.82, 2.24) is 19.2 Å². The molecular formula is C22H27IN4OSi. The third-order valence-corrected chi connectivity index (χ3v) is 11.4. The van der Waals surface area contributed by atoms with Crippen LogP contribution < -0.4 is 0 Å². The van der Waals surface area contributed by atoms with Crippen molar-refractivity contribution in [1.29, 1.82) is 0 Å². The average molecular weight is 518 g/mol. The molecular weight excluding hydrogens is 491 g/mol. The van der Waals surface area contributed by atoms with Crippen LogP contribution in [0.15, 0.2) is 42.7 Å². The summed E-state index contributed by atoms with van der Waals surface area (Å²) in [6.07, 6.45) is 4.09. The normalized spacial score (nSPS) is 12.9. The number of benzene rings is 1. The fraction of sp³-hybridized carbons (Fsp3) is 0.364. The van der Waals surface area contributed by atoms with Crippen LogP contribution in [-0.4, -0.2) is 27.5 Å². The summed E-state index contributed by atoms with van der Waals surface area (Å²) in [5, 5.41) is 6.14. The second kappa shape index (κ2) is 7.21. The van der Waals surface area contributed by atoms with E-state index in [-0.39, 0.29) is 5.04 Å². The highest BCUT2D eigenvalue weighted by Gasteiger charge is 2.37. The zero-order valence-electron chi connectivity index (χ0n) is 17.8. The minimum atomic E-state index is -1.83. The van der Waals surface area contributed by atoms with E-state index in [4.69, 9.17) is 14.5 Å². The average Bonchev–Trinajstić information content (AvgIpc) is 3.20. The number of pyridine rings is 1. The molecule has 0 radical (unpaired) electrons. The van der Waals surface area contributed by atoms with Crippen LogP contribution in [-0.2, 0) is 18.1 Å². The third-order valence-electron chi connectivity index (χ3n) is 6.04. The van der Waals surface area contributed by atoms with Crippen LogP contribution >= 0.6 is 22.6 Å². The van der Waals surface area contributed by atoms with Crippen LogP contribution in [0.1, 0.15) is 26.3 Å². The molecule has 29 heavy (non-hydrogen) atoms. The number of fused-ring (bicyclic) bond motifs is 2. The summed E-state index contributed by atoms with van der Waals surface area (Å²) < 4.78 is 11.7. The molecule has 0 aliphatic heterocycles. The predicted octanol–water partition coefficient (Wildman–Crippen LogP) is 6.01. The Morgan fingerprint density at radius 3 is 2.66 bits per heavy atom. The van der Waals surface area contributed by atoms with Crippen molar-refractivity contribution in [3.05, 3.63) is 51.9 Å². The third kappa shape index (κ3) is 3.75. The predicted molar refractivity (Wildman–Crippen MR) is 130 cm³/mol. The highest BCUT2D eigenvalue weighted by Crippen LogP contribution is 2.37.